The molecule has 0 saturated carbocycles. The van der Waals surface area contributed by atoms with Crippen LogP contribution in [0.1, 0.15) is 37.9 Å². The molecular formula is C14H15N2O3. The lowest BCUT2D eigenvalue weighted by molar-refractivity contribution is 0.0517. The van der Waals surface area contributed by atoms with Crippen LogP contribution in [-0.4, -0.2) is 18.0 Å². The Hall–Kier alpha value is -2.35. The molecule has 1 atom stereocenters. The van der Waals surface area contributed by atoms with Gasteiger partial charge in [0.1, 0.15) is 11.6 Å². The quantitative estimate of drug-likeness (QED) is 0.902. The van der Waals surface area contributed by atoms with Crippen molar-refractivity contribution in [2.45, 2.75) is 32.4 Å². The highest BCUT2D eigenvalue weighted by molar-refractivity contribution is 5.75. The minimum absolute atomic E-state index is 0.477. The average molecular weight is 259 g/mol. The highest BCUT2D eigenvalue weighted by atomic mass is 16.6. The van der Waals surface area contributed by atoms with Gasteiger partial charge < -0.3 is 10.1 Å². The Labute approximate surface area is 112 Å². The van der Waals surface area contributed by atoms with Crippen LogP contribution >= 0.6 is 0 Å². The van der Waals surface area contributed by atoms with Gasteiger partial charge in [0.25, 0.3) is 0 Å². The molecule has 1 amide bonds. The normalized spacial score (nSPS) is 12.1. The van der Waals surface area contributed by atoms with E-state index in [2.05, 4.69) is 5.32 Å². The number of benzene rings is 1. The summed E-state index contributed by atoms with van der Waals surface area (Å²) in [5.74, 6) is 0. The fourth-order valence-corrected chi connectivity index (χ4v) is 1.36. The van der Waals surface area contributed by atoms with Crippen molar-refractivity contribution in [3.05, 3.63) is 35.4 Å². The van der Waals surface area contributed by atoms with Gasteiger partial charge in [-0.2, -0.15) is 5.26 Å². The first-order valence-corrected chi connectivity index (χ1v) is 5.73. The van der Waals surface area contributed by atoms with Gasteiger partial charge in [0.05, 0.1) is 11.6 Å². The van der Waals surface area contributed by atoms with Crippen molar-refractivity contribution in [2.24, 2.45) is 0 Å². The molecule has 0 aromatic heterocycles. The topological polar surface area (TPSA) is 79.2 Å². The van der Waals surface area contributed by atoms with Gasteiger partial charge in [0.15, 0.2) is 0 Å². The van der Waals surface area contributed by atoms with Crippen LogP contribution in [0, 0.1) is 11.3 Å². The molecule has 0 aliphatic heterocycles. The third kappa shape index (κ3) is 4.80. The fourth-order valence-electron chi connectivity index (χ4n) is 1.36. The molecule has 1 unspecified atom stereocenters. The maximum absolute atomic E-state index is 11.6. The minimum Gasteiger partial charge on any atom is -0.444 e. The summed E-state index contributed by atoms with van der Waals surface area (Å²) in [7, 11) is 0. The summed E-state index contributed by atoms with van der Waals surface area (Å²) in [5.41, 5.74) is 0.382. The molecule has 99 valence electrons. The molecule has 1 rings (SSSR count). The van der Waals surface area contributed by atoms with Crippen molar-refractivity contribution in [3.8, 4) is 6.07 Å². The molecule has 1 N–H and O–H groups in total. The molecule has 0 saturated heterocycles. The summed E-state index contributed by atoms with van der Waals surface area (Å²) >= 11 is 0. The number of nitriles is 1. The zero-order chi connectivity index (χ0) is 14.5. The Morgan fingerprint density at radius 2 is 1.89 bits per heavy atom. The number of carbonyl (C=O) groups is 1. The molecule has 1 aromatic carbocycles. The Morgan fingerprint density at radius 1 is 1.32 bits per heavy atom. The lowest BCUT2D eigenvalue weighted by Gasteiger charge is -2.21. The number of ether oxygens (including phenoxy) is 1. The van der Waals surface area contributed by atoms with E-state index in [0.29, 0.717) is 11.1 Å². The summed E-state index contributed by atoms with van der Waals surface area (Å²) < 4.78 is 5.06. The van der Waals surface area contributed by atoms with E-state index in [1.165, 1.54) is 0 Å². The molecule has 1 aromatic rings. The minimum atomic E-state index is -0.914. The Bertz CT molecular complexity index is 495. The van der Waals surface area contributed by atoms with E-state index in [4.69, 9.17) is 10.00 Å². The lowest BCUT2D eigenvalue weighted by atomic mass is 10.1. The molecule has 0 bridgehead atoms. The standard InChI is InChI=1S/C14H15N2O3/c1-14(2,3)19-13(18)16-12(9-17)11-6-4-10(8-15)5-7-11/h4-7,12H,1-3H3,(H,16,18). The van der Waals surface area contributed by atoms with Gasteiger partial charge in [-0.1, -0.05) is 12.1 Å². The number of hydrogen-bond donors (Lipinski definition) is 1. The molecule has 1 radical (unpaired) electrons. The Balaban J connectivity index is 2.75. The summed E-state index contributed by atoms with van der Waals surface area (Å²) in [4.78, 5) is 22.5. The number of nitrogens with zero attached hydrogens (tertiary/aromatic N) is 1. The van der Waals surface area contributed by atoms with Crippen LogP contribution in [0.5, 0.6) is 0 Å². The van der Waals surface area contributed by atoms with Crippen LogP contribution in [0.3, 0.4) is 0 Å². The predicted octanol–water partition coefficient (Wildman–Crippen LogP) is 2.23. The SMILES string of the molecule is CC(C)(C)OC(=O)NC([C]=O)c1ccc(C#N)cc1. The van der Waals surface area contributed by atoms with Crippen molar-refractivity contribution >= 4 is 12.4 Å². The van der Waals surface area contributed by atoms with Crippen LogP contribution in [0.15, 0.2) is 24.3 Å². The average Bonchev–Trinajstić information content (AvgIpc) is 2.34. The molecule has 0 aliphatic rings. The maximum atomic E-state index is 11.6. The van der Waals surface area contributed by atoms with Gasteiger partial charge in [-0.05, 0) is 38.5 Å². The number of hydrogen-bond acceptors (Lipinski definition) is 4. The van der Waals surface area contributed by atoms with Crippen molar-refractivity contribution < 1.29 is 14.3 Å². The Morgan fingerprint density at radius 3 is 2.32 bits per heavy atom. The van der Waals surface area contributed by atoms with Gasteiger partial charge in [0.2, 0.25) is 6.29 Å². The Kier molecular flexibility index (Phi) is 4.65. The highest BCUT2D eigenvalue weighted by Gasteiger charge is 2.20. The highest BCUT2D eigenvalue weighted by Crippen LogP contribution is 2.13. The monoisotopic (exact) mass is 259 g/mol. The van der Waals surface area contributed by atoms with Crippen molar-refractivity contribution in [1.82, 2.24) is 5.32 Å². The zero-order valence-corrected chi connectivity index (χ0v) is 11.1. The first-order chi connectivity index (χ1) is 8.85. The zero-order valence-electron chi connectivity index (χ0n) is 11.1. The van der Waals surface area contributed by atoms with Gasteiger partial charge >= 0.3 is 6.09 Å². The molecule has 5 nitrogen and oxygen atoms in total. The second kappa shape index (κ2) is 6.01. The summed E-state index contributed by atoms with van der Waals surface area (Å²) in [5, 5.41) is 11.1. The first-order valence-electron chi connectivity index (χ1n) is 5.73. The number of nitrogens with one attached hydrogen (secondary N) is 1. The van der Waals surface area contributed by atoms with Gasteiger partial charge in [-0.3, -0.25) is 4.79 Å². The van der Waals surface area contributed by atoms with Crippen LogP contribution in [0.2, 0.25) is 0 Å². The van der Waals surface area contributed by atoms with Gasteiger partial charge in [0, 0.05) is 0 Å². The van der Waals surface area contributed by atoms with Crippen molar-refractivity contribution in [1.29, 1.82) is 5.26 Å². The summed E-state index contributed by atoms with van der Waals surface area (Å²) in [6, 6.07) is 7.37. The van der Waals surface area contributed by atoms with E-state index >= 15 is 0 Å². The number of rotatable bonds is 3. The number of carbonyl (C=O) groups excluding carboxylic acids is 2. The van der Waals surface area contributed by atoms with E-state index in [1.807, 2.05) is 6.07 Å². The van der Waals surface area contributed by atoms with Crippen LogP contribution in [0.25, 0.3) is 0 Å². The third-order valence-corrected chi connectivity index (χ3v) is 2.15. The molecule has 0 aliphatic carbocycles. The summed E-state index contributed by atoms with van der Waals surface area (Å²) in [6.07, 6.45) is 1.04. The van der Waals surface area contributed by atoms with E-state index in [-0.39, 0.29) is 0 Å². The van der Waals surface area contributed by atoms with E-state index in [1.54, 1.807) is 51.3 Å². The molecule has 5 heteroatoms. The molecule has 0 heterocycles. The molecule has 0 fully saturated rings. The van der Waals surface area contributed by atoms with Gasteiger partial charge in [-0.25, -0.2) is 4.79 Å². The smallest absolute Gasteiger partial charge is 0.408 e. The largest absolute Gasteiger partial charge is 0.444 e. The van der Waals surface area contributed by atoms with E-state index in [0.717, 1.165) is 0 Å². The second-order valence-electron chi connectivity index (χ2n) is 4.93. The second-order valence-corrected chi connectivity index (χ2v) is 4.93. The summed E-state index contributed by atoms with van der Waals surface area (Å²) in [6.45, 7) is 5.19. The van der Waals surface area contributed by atoms with Crippen LogP contribution in [-0.2, 0) is 9.53 Å². The van der Waals surface area contributed by atoms with E-state index in [9.17, 15) is 9.59 Å². The predicted molar refractivity (Wildman–Crippen MR) is 69.0 cm³/mol. The fraction of sp³-hybridized carbons (Fsp3) is 0.357. The number of alkyl carbamates (subject to hydrolysis) is 1. The lowest BCUT2D eigenvalue weighted by Crippen LogP contribution is -2.35. The van der Waals surface area contributed by atoms with Crippen LogP contribution < -0.4 is 5.32 Å². The molecular weight excluding hydrogens is 244 g/mol. The maximum Gasteiger partial charge on any atom is 0.408 e. The molecule has 0 spiro atoms. The first kappa shape index (κ1) is 14.7. The molecule has 19 heavy (non-hydrogen) atoms. The number of amides is 1. The van der Waals surface area contributed by atoms with Crippen molar-refractivity contribution in [2.75, 3.05) is 0 Å². The van der Waals surface area contributed by atoms with E-state index < -0.39 is 17.7 Å². The van der Waals surface area contributed by atoms with Gasteiger partial charge in [-0.15, -0.1) is 0 Å². The third-order valence-electron chi connectivity index (χ3n) is 2.15. The van der Waals surface area contributed by atoms with Crippen molar-refractivity contribution in [3.63, 3.8) is 0 Å². The van der Waals surface area contributed by atoms with Crippen LogP contribution in [0.4, 0.5) is 4.79 Å².